The monoisotopic (exact) mass is 414 g/mol. The van der Waals surface area contributed by atoms with E-state index < -0.39 is 31.0 Å². The minimum atomic E-state index is -1.05. The molecule has 5 nitrogen and oxygen atoms in total. The van der Waals surface area contributed by atoms with Gasteiger partial charge in [0.1, 0.15) is 24.4 Å². The van der Waals surface area contributed by atoms with Crippen molar-refractivity contribution >= 4 is 0 Å². The third-order valence-corrected chi connectivity index (χ3v) is 5.74. The van der Waals surface area contributed by atoms with Gasteiger partial charge in [0.25, 0.3) is 0 Å². The van der Waals surface area contributed by atoms with Crippen LogP contribution >= 0.6 is 0 Å². The first-order valence-corrected chi connectivity index (χ1v) is 12.1. The molecule has 172 valence electrons. The molecule has 1 rings (SSSR count). The number of aliphatic hydroxyl groups excluding tert-OH is 3. The highest BCUT2D eigenvalue weighted by molar-refractivity contribution is 4.88. The highest BCUT2D eigenvalue weighted by Gasteiger charge is 2.40. The third-order valence-electron chi connectivity index (χ3n) is 5.74. The fourth-order valence-corrected chi connectivity index (χ4v) is 3.86. The quantitative estimate of drug-likeness (QED) is 0.214. The predicted octanol–water partition coefficient (Wildman–Crippen LogP) is 4.52. The molecule has 5 heteroatoms. The summed E-state index contributed by atoms with van der Waals surface area (Å²) < 4.78 is 11.0. The maximum absolute atomic E-state index is 10.1. The molecule has 0 amide bonds. The van der Waals surface area contributed by atoms with Gasteiger partial charge in [-0.15, -0.1) is 0 Å². The number of unbranched alkanes of at least 4 members (excludes halogenated alkanes) is 12. The molecule has 4 atom stereocenters. The highest BCUT2D eigenvalue weighted by Crippen LogP contribution is 2.20. The van der Waals surface area contributed by atoms with Gasteiger partial charge in [0.05, 0.1) is 13.2 Å². The number of allylic oxidation sites excluding steroid dienone is 2. The molecule has 1 fully saturated rings. The molecule has 3 N–H and O–H groups in total. The topological polar surface area (TPSA) is 79.2 Å². The van der Waals surface area contributed by atoms with Crippen molar-refractivity contribution in [1.82, 2.24) is 0 Å². The molecule has 0 aliphatic carbocycles. The van der Waals surface area contributed by atoms with Gasteiger partial charge in [-0.1, -0.05) is 83.3 Å². The summed E-state index contributed by atoms with van der Waals surface area (Å²) in [6.07, 6.45) is 19.6. The van der Waals surface area contributed by atoms with E-state index in [0.29, 0.717) is 6.61 Å². The maximum atomic E-state index is 10.1. The molecule has 1 aliphatic heterocycles. The van der Waals surface area contributed by atoms with Crippen molar-refractivity contribution < 1.29 is 24.8 Å². The molecule has 1 aliphatic rings. The van der Waals surface area contributed by atoms with Gasteiger partial charge >= 0.3 is 0 Å². The Balaban J connectivity index is 1.80. The number of ether oxygens (including phenoxy) is 2. The van der Waals surface area contributed by atoms with Gasteiger partial charge in [-0.25, -0.2) is 0 Å². The van der Waals surface area contributed by atoms with Crippen LogP contribution in [-0.4, -0.2) is 59.6 Å². The number of rotatable bonds is 19. The molecule has 1 saturated heterocycles. The van der Waals surface area contributed by atoms with Gasteiger partial charge in [0, 0.05) is 6.61 Å². The van der Waals surface area contributed by atoms with Crippen LogP contribution in [0.1, 0.15) is 96.8 Å². The lowest BCUT2D eigenvalue weighted by molar-refractivity contribution is -0.0730. The van der Waals surface area contributed by atoms with Crippen LogP contribution in [0.5, 0.6) is 0 Å². The Morgan fingerprint density at radius 3 is 2.00 bits per heavy atom. The summed E-state index contributed by atoms with van der Waals surface area (Å²) in [6.45, 7) is 2.67. The van der Waals surface area contributed by atoms with Crippen molar-refractivity contribution in [3.05, 3.63) is 12.2 Å². The van der Waals surface area contributed by atoms with E-state index in [1.165, 1.54) is 70.6 Å². The summed E-state index contributed by atoms with van der Waals surface area (Å²) in [7, 11) is 0. The first-order chi connectivity index (χ1) is 14.2. The van der Waals surface area contributed by atoms with Gasteiger partial charge in [-0.05, 0) is 25.7 Å². The fourth-order valence-electron chi connectivity index (χ4n) is 3.86. The van der Waals surface area contributed by atoms with Gasteiger partial charge in [-0.3, -0.25) is 0 Å². The minimum Gasteiger partial charge on any atom is -0.394 e. The Morgan fingerprint density at radius 1 is 0.897 bits per heavy atom. The Morgan fingerprint density at radius 2 is 1.45 bits per heavy atom. The molecule has 0 spiro atoms. The Labute approximate surface area is 178 Å². The standard InChI is InChI=1S/C24H46O5/c1-2-3-4-5-6-7-8-9-10-11-12-13-14-15-16-17-18-28-22-20-29-24(23(22)27)21(26)19-25/h3-4,21-27H,2,5-20H2,1H3/b4-3+/t21-,22+,23+,24+/m0/s1. The average molecular weight is 415 g/mol. The molecule has 0 aromatic rings. The second-order valence-electron chi connectivity index (χ2n) is 8.36. The minimum absolute atomic E-state index is 0.277. The zero-order chi connectivity index (χ0) is 21.2. The second-order valence-corrected chi connectivity index (χ2v) is 8.36. The summed E-state index contributed by atoms with van der Waals surface area (Å²) in [5, 5.41) is 28.6. The van der Waals surface area contributed by atoms with Gasteiger partial charge in [0.15, 0.2) is 0 Å². The molecule has 0 radical (unpaired) electrons. The van der Waals surface area contributed by atoms with Crippen LogP contribution in [0, 0.1) is 0 Å². The molecule has 0 aromatic heterocycles. The van der Waals surface area contributed by atoms with E-state index in [9.17, 15) is 10.2 Å². The summed E-state index contributed by atoms with van der Waals surface area (Å²) in [6, 6.07) is 0. The lowest BCUT2D eigenvalue weighted by Crippen LogP contribution is -2.41. The fraction of sp³-hybridized carbons (Fsp3) is 0.917. The molecular weight excluding hydrogens is 368 g/mol. The number of hydrogen-bond donors (Lipinski definition) is 3. The van der Waals surface area contributed by atoms with E-state index in [0.717, 1.165) is 19.3 Å². The van der Waals surface area contributed by atoms with E-state index in [1.54, 1.807) is 0 Å². The summed E-state index contributed by atoms with van der Waals surface area (Å²) >= 11 is 0. The zero-order valence-corrected chi connectivity index (χ0v) is 18.6. The lowest BCUT2D eigenvalue weighted by Gasteiger charge is -2.20. The SMILES string of the molecule is CC/C=C/CCCCCCCCCCCCCCO[C@@H]1CO[C@H]([C@@H](O)CO)[C@@H]1O. The maximum Gasteiger partial charge on any atom is 0.114 e. The van der Waals surface area contributed by atoms with Crippen LogP contribution in [0.4, 0.5) is 0 Å². The Kier molecular flexibility index (Phi) is 16.8. The summed E-state index contributed by atoms with van der Waals surface area (Å²) in [5.74, 6) is 0. The van der Waals surface area contributed by atoms with Crippen LogP contribution in [0.25, 0.3) is 0 Å². The molecule has 0 aromatic carbocycles. The van der Waals surface area contributed by atoms with E-state index >= 15 is 0 Å². The second kappa shape index (κ2) is 18.3. The predicted molar refractivity (Wildman–Crippen MR) is 118 cm³/mol. The largest absolute Gasteiger partial charge is 0.394 e. The van der Waals surface area contributed by atoms with E-state index in [4.69, 9.17) is 14.6 Å². The first kappa shape index (κ1) is 26.6. The van der Waals surface area contributed by atoms with Crippen LogP contribution in [0.2, 0.25) is 0 Å². The molecule has 1 heterocycles. The Hall–Kier alpha value is -0.460. The van der Waals surface area contributed by atoms with Gasteiger partial charge in [0.2, 0.25) is 0 Å². The van der Waals surface area contributed by atoms with Gasteiger partial charge < -0.3 is 24.8 Å². The third kappa shape index (κ3) is 12.7. The van der Waals surface area contributed by atoms with Crippen molar-refractivity contribution in [2.24, 2.45) is 0 Å². The van der Waals surface area contributed by atoms with Crippen molar-refractivity contribution in [3.63, 3.8) is 0 Å². The molecular formula is C24H46O5. The van der Waals surface area contributed by atoms with Crippen LogP contribution in [-0.2, 0) is 9.47 Å². The molecule has 29 heavy (non-hydrogen) atoms. The summed E-state index contributed by atoms with van der Waals surface area (Å²) in [5.41, 5.74) is 0. The molecule has 0 unspecified atom stereocenters. The smallest absolute Gasteiger partial charge is 0.114 e. The van der Waals surface area contributed by atoms with Crippen molar-refractivity contribution in [2.75, 3.05) is 19.8 Å². The van der Waals surface area contributed by atoms with Crippen molar-refractivity contribution in [2.45, 2.75) is 121 Å². The van der Waals surface area contributed by atoms with Crippen molar-refractivity contribution in [3.8, 4) is 0 Å². The zero-order valence-electron chi connectivity index (χ0n) is 18.6. The van der Waals surface area contributed by atoms with E-state index in [-0.39, 0.29) is 6.61 Å². The van der Waals surface area contributed by atoms with Gasteiger partial charge in [-0.2, -0.15) is 0 Å². The normalized spacial score (nSPS) is 23.2. The highest BCUT2D eigenvalue weighted by atomic mass is 16.6. The number of hydrogen-bond acceptors (Lipinski definition) is 5. The number of aliphatic hydroxyl groups is 3. The van der Waals surface area contributed by atoms with Crippen molar-refractivity contribution in [1.29, 1.82) is 0 Å². The molecule has 0 saturated carbocycles. The van der Waals surface area contributed by atoms with Crippen LogP contribution in [0.3, 0.4) is 0 Å². The van der Waals surface area contributed by atoms with E-state index in [1.807, 2.05) is 0 Å². The Bertz CT molecular complexity index is 387. The van der Waals surface area contributed by atoms with Crippen LogP contribution in [0.15, 0.2) is 12.2 Å². The van der Waals surface area contributed by atoms with Crippen LogP contribution < -0.4 is 0 Å². The average Bonchev–Trinajstić information content (AvgIpc) is 3.10. The van der Waals surface area contributed by atoms with E-state index in [2.05, 4.69) is 19.1 Å². The molecule has 0 bridgehead atoms. The lowest BCUT2D eigenvalue weighted by atomic mass is 10.0. The summed E-state index contributed by atoms with van der Waals surface area (Å²) in [4.78, 5) is 0. The first-order valence-electron chi connectivity index (χ1n) is 12.1.